The second kappa shape index (κ2) is 6.29. The van der Waals surface area contributed by atoms with Crippen LogP contribution in [0.2, 0.25) is 0 Å². The molecule has 1 heterocycles. The van der Waals surface area contributed by atoms with E-state index in [4.69, 9.17) is 4.74 Å². The Bertz CT molecular complexity index is 622. The highest BCUT2D eigenvalue weighted by atomic mass is 32.1. The van der Waals surface area contributed by atoms with Gasteiger partial charge >= 0.3 is 6.18 Å². The molecule has 2 aromatic rings. The molecule has 3 nitrogen and oxygen atoms in total. The monoisotopic (exact) mass is 318 g/mol. The van der Waals surface area contributed by atoms with Crippen LogP contribution in [0.25, 0.3) is 10.2 Å². The number of likely N-dealkylation sites (N-methyl/N-ethyl adjacent to an activating group) is 1. The first kappa shape index (κ1) is 16.2. The molecule has 1 aromatic heterocycles. The van der Waals surface area contributed by atoms with E-state index in [9.17, 15) is 13.2 Å². The first-order chi connectivity index (χ1) is 9.77. The molecule has 0 fully saturated rings. The maximum absolute atomic E-state index is 12.9. The third-order valence-electron chi connectivity index (χ3n) is 2.95. The van der Waals surface area contributed by atoms with Gasteiger partial charge < -0.3 is 9.64 Å². The minimum Gasteiger partial charge on any atom is -0.375 e. The molecule has 0 unspecified atom stereocenters. The topological polar surface area (TPSA) is 25.4 Å². The highest BCUT2D eigenvalue weighted by Crippen LogP contribution is 2.35. The summed E-state index contributed by atoms with van der Waals surface area (Å²) >= 11 is 1.27. The predicted octanol–water partition coefficient (Wildman–Crippen LogP) is 3.70. The first-order valence-corrected chi connectivity index (χ1v) is 7.29. The zero-order valence-electron chi connectivity index (χ0n) is 12.1. The van der Waals surface area contributed by atoms with Gasteiger partial charge in [-0.1, -0.05) is 0 Å². The second-order valence-corrected chi connectivity index (χ2v) is 6.30. The zero-order chi connectivity index (χ0) is 15.6. The van der Waals surface area contributed by atoms with E-state index in [0.29, 0.717) is 22.4 Å². The minimum atomic E-state index is -4.36. The average molecular weight is 318 g/mol. The molecule has 2 rings (SSSR count). The van der Waals surface area contributed by atoms with Gasteiger partial charge in [0.2, 0.25) is 0 Å². The average Bonchev–Trinajstić information content (AvgIpc) is 2.73. The molecular weight excluding hydrogens is 301 g/mol. The summed E-state index contributed by atoms with van der Waals surface area (Å²) in [6, 6.07) is 2.29. The van der Waals surface area contributed by atoms with Crippen molar-refractivity contribution in [2.75, 3.05) is 27.2 Å². The summed E-state index contributed by atoms with van der Waals surface area (Å²) in [4.78, 5) is 6.26. The Balaban J connectivity index is 2.27. The smallest absolute Gasteiger partial charge is 0.375 e. The molecule has 21 heavy (non-hydrogen) atoms. The molecule has 7 heteroatoms. The van der Waals surface area contributed by atoms with Crippen LogP contribution in [-0.4, -0.2) is 37.1 Å². The number of halogens is 3. The maximum atomic E-state index is 12.9. The van der Waals surface area contributed by atoms with Gasteiger partial charge in [-0.25, -0.2) is 4.98 Å². The van der Waals surface area contributed by atoms with Crippen molar-refractivity contribution in [1.82, 2.24) is 9.88 Å². The number of hydrogen-bond donors (Lipinski definition) is 0. The summed E-state index contributed by atoms with van der Waals surface area (Å²) < 4.78 is 44.8. The molecule has 0 saturated heterocycles. The fourth-order valence-corrected chi connectivity index (χ4v) is 2.83. The van der Waals surface area contributed by atoms with E-state index >= 15 is 0 Å². The number of fused-ring (bicyclic) bond motifs is 1. The van der Waals surface area contributed by atoms with Crippen LogP contribution in [0, 0.1) is 6.92 Å². The fourth-order valence-electron chi connectivity index (χ4n) is 1.91. The van der Waals surface area contributed by atoms with Crippen LogP contribution < -0.4 is 0 Å². The molecule has 0 atom stereocenters. The molecule has 0 N–H and O–H groups in total. The van der Waals surface area contributed by atoms with Crippen molar-refractivity contribution >= 4 is 21.6 Å². The van der Waals surface area contributed by atoms with E-state index in [-0.39, 0.29) is 6.61 Å². The molecule has 0 radical (unpaired) electrons. The normalized spacial score (nSPS) is 12.5. The molecule has 0 bridgehead atoms. The molecule has 0 aliphatic carbocycles. The largest absolute Gasteiger partial charge is 0.416 e. The molecule has 1 aromatic carbocycles. The van der Waals surface area contributed by atoms with Crippen LogP contribution in [0.15, 0.2) is 12.1 Å². The van der Waals surface area contributed by atoms with Crippen molar-refractivity contribution in [2.24, 2.45) is 0 Å². The maximum Gasteiger partial charge on any atom is 0.416 e. The van der Waals surface area contributed by atoms with Crippen LogP contribution in [0.5, 0.6) is 0 Å². The summed E-state index contributed by atoms with van der Waals surface area (Å²) in [7, 11) is 3.82. The van der Waals surface area contributed by atoms with Gasteiger partial charge in [0.1, 0.15) is 0 Å². The molecule has 0 aliphatic heterocycles. The Morgan fingerprint density at radius 2 is 2.00 bits per heavy atom. The van der Waals surface area contributed by atoms with Gasteiger partial charge in [-0.05, 0) is 33.2 Å². The summed E-state index contributed by atoms with van der Waals surface area (Å²) in [5.74, 6) is 0. The quantitative estimate of drug-likeness (QED) is 0.786. The van der Waals surface area contributed by atoms with Crippen LogP contribution in [0.4, 0.5) is 13.2 Å². The van der Waals surface area contributed by atoms with Gasteiger partial charge in [-0.15, -0.1) is 11.3 Å². The fraction of sp³-hybridized carbons (Fsp3) is 0.500. The van der Waals surface area contributed by atoms with Crippen molar-refractivity contribution in [2.45, 2.75) is 19.7 Å². The standard InChI is InChI=1S/C14H17F3N2OS/c1-9-18-13-10(8-20-5-4-19(2)3)6-11(14(15,16)17)7-12(13)21-9/h6-7H,4-5,8H2,1-3H3. The first-order valence-electron chi connectivity index (χ1n) is 6.47. The van der Waals surface area contributed by atoms with Crippen molar-refractivity contribution in [3.05, 3.63) is 28.3 Å². The summed E-state index contributed by atoms with van der Waals surface area (Å²) in [6.45, 7) is 3.11. The van der Waals surface area contributed by atoms with Crippen LogP contribution in [0.1, 0.15) is 16.1 Å². The molecular formula is C14H17F3N2OS. The Labute approximate surface area is 125 Å². The van der Waals surface area contributed by atoms with Gasteiger partial charge in [-0.2, -0.15) is 13.2 Å². The highest BCUT2D eigenvalue weighted by Gasteiger charge is 2.31. The van der Waals surface area contributed by atoms with Gasteiger partial charge in [0.05, 0.1) is 34.0 Å². The molecule has 0 amide bonds. The van der Waals surface area contributed by atoms with Crippen molar-refractivity contribution in [1.29, 1.82) is 0 Å². The number of thiazole rings is 1. The lowest BCUT2D eigenvalue weighted by Gasteiger charge is -2.12. The van der Waals surface area contributed by atoms with Crippen LogP contribution >= 0.6 is 11.3 Å². The van der Waals surface area contributed by atoms with E-state index < -0.39 is 11.7 Å². The Morgan fingerprint density at radius 3 is 2.62 bits per heavy atom. The van der Waals surface area contributed by atoms with Gasteiger partial charge in [0.15, 0.2) is 0 Å². The number of hydrogen-bond acceptors (Lipinski definition) is 4. The van der Waals surface area contributed by atoms with Crippen molar-refractivity contribution in [3.8, 4) is 0 Å². The van der Waals surface area contributed by atoms with E-state index in [1.807, 2.05) is 19.0 Å². The van der Waals surface area contributed by atoms with Gasteiger partial charge in [0, 0.05) is 12.1 Å². The number of ether oxygens (including phenoxy) is 1. The van der Waals surface area contributed by atoms with Crippen molar-refractivity contribution in [3.63, 3.8) is 0 Å². The number of rotatable bonds is 5. The highest BCUT2D eigenvalue weighted by molar-refractivity contribution is 7.18. The summed E-state index contributed by atoms with van der Waals surface area (Å²) in [5.41, 5.74) is 0.447. The number of nitrogens with zero attached hydrogens (tertiary/aromatic N) is 2. The van der Waals surface area contributed by atoms with E-state index in [1.165, 1.54) is 11.3 Å². The molecule has 0 saturated carbocycles. The van der Waals surface area contributed by atoms with Crippen LogP contribution in [-0.2, 0) is 17.5 Å². The van der Waals surface area contributed by atoms with Gasteiger partial charge in [-0.3, -0.25) is 0 Å². The Kier molecular flexibility index (Phi) is 4.85. The number of alkyl halides is 3. The lowest BCUT2D eigenvalue weighted by atomic mass is 10.1. The number of benzene rings is 1. The molecule has 116 valence electrons. The van der Waals surface area contributed by atoms with E-state index in [1.54, 1.807) is 6.92 Å². The minimum absolute atomic E-state index is 0.136. The number of aryl methyl sites for hydroxylation is 1. The second-order valence-electron chi connectivity index (χ2n) is 5.07. The SMILES string of the molecule is Cc1nc2c(COCCN(C)C)cc(C(F)(F)F)cc2s1. The lowest BCUT2D eigenvalue weighted by molar-refractivity contribution is -0.137. The molecule has 0 spiro atoms. The third-order valence-corrected chi connectivity index (χ3v) is 3.87. The zero-order valence-corrected chi connectivity index (χ0v) is 12.9. The summed E-state index contributed by atoms with van der Waals surface area (Å²) in [5, 5.41) is 0.749. The summed E-state index contributed by atoms with van der Waals surface area (Å²) in [6.07, 6.45) is -4.36. The van der Waals surface area contributed by atoms with Crippen molar-refractivity contribution < 1.29 is 17.9 Å². The number of aromatic nitrogens is 1. The van der Waals surface area contributed by atoms with E-state index in [2.05, 4.69) is 4.98 Å². The van der Waals surface area contributed by atoms with Crippen LogP contribution in [0.3, 0.4) is 0 Å². The third kappa shape index (κ3) is 4.15. The van der Waals surface area contributed by atoms with Gasteiger partial charge in [0.25, 0.3) is 0 Å². The lowest BCUT2D eigenvalue weighted by Crippen LogP contribution is -2.18. The predicted molar refractivity (Wildman–Crippen MR) is 77.6 cm³/mol. The van der Waals surface area contributed by atoms with E-state index in [0.717, 1.165) is 23.7 Å². The Morgan fingerprint density at radius 1 is 1.29 bits per heavy atom. The Hall–Kier alpha value is -1.18. The molecule has 0 aliphatic rings.